The summed E-state index contributed by atoms with van der Waals surface area (Å²) < 4.78 is 18.2. The summed E-state index contributed by atoms with van der Waals surface area (Å²) in [5.74, 6) is -4.41. The van der Waals surface area contributed by atoms with E-state index in [9.17, 15) is 18.8 Å². The highest BCUT2D eigenvalue weighted by molar-refractivity contribution is 6.08. The van der Waals surface area contributed by atoms with Crippen molar-refractivity contribution in [1.82, 2.24) is 9.97 Å². The molecule has 2 atom stereocenters. The number of ether oxygens (including phenoxy) is 1. The second-order valence-corrected chi connectivity index (χ2v) is 5.46. The molecule has 0 saturated heterocycles. The van der Waals surface area contributed by atoms with E-state index in [1.807, 2.05) is 0 Å². The smallest absolute Gasteiger partial charge is 0.319 e. The average molecular weight is 346 g/mol. The fourth-order valence-electron chi connectivity index (χ4n) is 2.90. The Balaban J connectivity index is 2.22. The molecule has 1 aliphatic rings. The number of nitrogens with zero attached hydrogens (tertiary/aromatic N) is 1. The first-order valence-corrected chi connectivity index (χ1v) is 7.55. The van der Waals surface area contributed by atoms with Crippen LogP contribution in [0.5, 0.6) is 0 Å². The van der Waals surface area contributed by atoms with E-state index in [2.05, 4.69) is 15.3 Å². The minimum absolute atomic E-state index is 0.0267. The number of carbonyl (C=O) groups is 2. The van der Waals surface area contributed by atoms with Gasteiger partial charge < -0.3 is 15.8 Å². The number of halogens is 1. The lowest BCUT2D eigenvalue weighted by Crippen LogP contribution is -2.43. The summed E-state index contributed by atoms with van der Waals surface area (Å²) in [7, 11) is 0. The van der Waals surface area contributed by atoms with Gasteiger partial charge in [0.1, 0.15) is 17.6 Å². The summed E-state index contributed by atoms with van der Waals surface area (Å²) in [5, 5.41) is 2.42. The molecule has 9 heteroatoms. The molecule has 130 valence electrons. The number of aromatic nitrogens is 2. The number of nitrogen functional groups attached to an aromatic ring is 1. The standard InChI is InChI=1S/C16H15FN4O4/c1-2-25-15(24)11-9(7-3-5-8(17)6-4-7)10-12(19-14(11)23)20-16(18)21-13(10)22/h3-6,9,11H,2H2,1H3,(H4,18,19,20,21,22,23)/t9-,11+/m0/s1. The Morgan fingerprint density at radius 3 is 2.64 bits per heavy atom. The van der Waals surface area contributed by atoms with Gasteiger partial charge in [-0.15, -0.1) is 0 Å². The van der Waals surface area contributed by atoms with Gasteiger partial charge in [-0.05, 0) is 24.6 Å². The Morgan fingerprint density at radius 1 is 1.32 bits per heavy atom. The molecule has 0 unspecified atom stereocenters. The fraction of sp³-hybridized carbons (Fsp3) is 0.250. The lowest BCUT2D eigenvalue weighted by molar-refractivity contribution is -0.151. The topological polar surface area (TPSA) is 127 Å². The number of rotatable bonds is 3. The number of aromatic amines is 1. The molecule has 3 rings (SSSR count). The zero-order chi connectivity index (χ0) is 18.1. The number of anilines is 2. The molecular formula is C16H15FN4O4. The number of carbonyl (C=O) groups excluding carboxylic acids is 2. The van der Waals surface area contributed by atoms with Crippen molar-refractivity contribution < 1.29 is 18.7 Å². The van der Waals surface area contributed by atoms with Gasteiger partial charge >= 0.3 is 5.97 Å². The molecule has 4 N–H and O–H groups in total. The first-order valence-electron chi connectivity index (χ1n) is 7.55. The minimum atomic E-state index is -1.30. The van der Waals surface area contributed by atoms with E-state index in [0.717, 1.165) is 0 Å². The molecule has 0 spiro atoms. The van der Waals surface area contributed by atoms with Crippen molar-refractivity contribution in [3.63, 3.8) is 0 Å². The van der Waals surface area contributed by atoms with E-state index in [0.29, 0.717) is 5.56 Å². The average Bonchev–Trinajstić information content (AvgIpc) is 2.54. The largest absolute Gasteiger partial charge is 0.465 e. The van der Waals surface area contributed by atoms with Gasteiger partial charge in [0, 0.05) is 5.92 Å². The SMILES string of the molecule is CCOC(=O)[C@H]1C(=O)Nc2nc(N)[nH]c(=O)c2[C@@H]1c1ccc(F)cc1. The van der Waals surface area contributed by atoms with Crippen LogP contribution in [0.15, 0.2) is 29.1 Å². The molecule has 2 heterocycles. The van der Waals surface area contributed by atoms with Gasteiger partial charge in [0.05, 0.1) is 12.2 Å². The highest BCUT2D eigenvalue weighted by atomic mass is 19.1. The van der Waals surface area contributed by atoms with Crippen LogP contribution in [0.4, 0.5) is 16.2 Å². The summed E-state index contributed by atoms with van der Waals surface area (Å²) in [5.41, 5.74) is 5.40. The van der Waals surface area contributed by atoms with E-state index in [-0.39, 0.29) is 23.9 Å². The molecule has 0 fully saturated rings. The molecule has 0 radical (unpaired) electrons. The molecule has 2 aromatic rings. The Kier molecular flexibility index (Phi) is 4.22. The molecule has 0 saturated carbocycles. The Morgan fingerprint density at radius 2 is 2.00 bits per heavy atom. The zero-order valence-electron chi connectivity index (χ0n) is 13.2. The summed E-state index contributed by atoms with van der Waals surface area (Å²) >= 11 is 0. The van der Waals surface area contributed by atoms with Crippen LogP contribution in [0.25, 0.3) is 0 Å². The highest BCUT2D eigenvalue weighted by Crippen LogP contribution is 2.38. The summed E-state index contributed by atoms with van der Waals surface area (Å²) in [6.45, 7) is 1.68. The highest BCUT2D eigenvalue weighted by Gasteiger charge is 2.45. The van der Waals surface area contributed by atoms with Crippen molar-refractivity contribution in [3.8, 4) is 0 Å². The maximum Gasteiger partial charge on any atom is 0.319 e. The van der Waals surface area contributed by atoms with Crippen molar-refractivity contribution in [2.75, 3.05) is 17.7 Å². The van der Waals surface area contributed by atoms with Gasteiger partial charge in [-0.25, -0.2) is 4.39 Å². The van der Waals surface area contributed by atoms with Crippen LogP contribution in [0.1, 0.15) is 24.0 Å². The second-order valence-electron chi connectivity index (χ2n) is 5.46. The van der Waals surface area contributed by atoms with Crippen LogP contribution in [-0.4, -0.2) is 28.5 Å². The van der Waals surface area contributed by atoms with Gasteiger partial charge in [-0.3, -0.25) is 19.4 Å². The first-order chi connectivity index (χ1) is 11.9. The van der Waals surface area contributed by atoms with E-state index < -0.39 is 35.1 Å². The normalized spacial score (nSPS) is 19.0. The number of amides is 1. The molecule has 1 aromatic carbocycles. The molecule has 1 amide bonds. The van der Waals surface area contributed by atoms with Gasteiger partial charge in [0.2, 0.25) is 11.9 Å². The van der Waals surface area contributed by atoms with Crippen LogP contribution in [0.3, 0.4) is 0 Å². The number of benzene rings is 1. The van der Waals surface area contributed by atoms with Crippen LogP contribution in [0.2, 0.25) is 0 Å². The van der Waals surface area contributed by atoms with Crippen molar-refractivity contribution in [2.24, 2.45) is 5.92 Å². The predicted molar refractivity (Wildman–Crippen MR) is 86.3 cm³/mol. The number of H-pyrrole nitrogens is 1. The molecular weight excluding hydrogens is 331 g/mol. The third-order valence-corrected chi connectivity index (χ3v) is 3.91. The number of nitrogens with two attached hydrogens (primary N) is 1. The summed E-state index contributed by atoms with van der Waals surface area (Å²) in [4.78, 5) is 43.5. The van der Waals surface area contributed by atoms with E-state index >= 15 is 0 Å². The number of esters is 1. The quantitative estimate of drug-likeness (QED) is 0.556. The molecule has 0 bridgehead atoms. The van der Waals surface area contributed by atoms with Crippen LogP contribution in [-0.2, 0) is 14.3 Å². The lowest BCUT2D eigenvalue weighted by Gasteiger charge is -2.30. The second kappa shape index (κ2) is 6.34. The number of hydrogen-bond acceptors (Lipinski definition) is 6. The van der Waals surface area contributed by atoms with Crippen LogP contribution in [0, 0.1) is 11.7 Å². The zero-order valence-corrected chi connectivity index (χ0v) is 13.2. The number of fused-ring (bicyclic) bond motifs is 1. The Bertz CT molecular complexity index is 894. The van der Waals surface area contributed by atoms with Crippen LogP contribution >= 0.6 is 0 Å². The third kappa shape index (κ3) is 2.95. The van der Waals surface area contributed by atoms with Gasteiger partial charge in [0.25, 0.3) is 5.56 Å². The maximum absolute atomic E-state index is 13.3. The monoisotopic (exact) mass is 346 g/mol. The van der Waals surface area contributed by atoms with Crippen molar-refractivity contribution >= 4 is 23.6 Å². The van der Waals surface area contributed by atoms with E-state index in [4.69, 9.17) is 10.5 Å². The molecule has 0 aliphatic carbocycles. The van der Waals surface area contributed by atoms with Crippen molar-refractivity contribution in [1.29, 1.82) is 0 Å². The Hall–Kier alpha value is -3.23. The van der Waals surface area contributed by atoms with Gasteiger partial charge in [-0.1, -0.05) is 12.1 Å². The summed E-state index contributed by atoms with van der Waals surface area (Å²) in [6.07, 6.45) is 0. The van der Waals surface area contributed by atoms with Crippen LogP contribution < -0.4 is 16.6 Å². The fourth-order valence-corrected chi connectivity index (χ4v) is 2.90. The molecule has 25 heavy (non-hydrogen) atoms. The summed E-state index contributed by atoms with van der Waals surface area (Å²) in [6, 6.07) is 5.18. The van der Waals surface area contributed by atoms with Gasteiger partial charge in [0.15, 0.2) is 0 Å². The first kappa shape index (κ1) is 16.6. The van der Waals surface area contributed by atoms with Gasteiger partial charge in [-0.2, -0.15) is 4.98 Å². The molecule has 1 aliphatic heterocycles. The number of nitrogens with one attached hydrogen (secondary N) is 2. The van der Waals surface area contributed by atoms with Crippen molar-refractivity contribution in [2.45, 2.75) is 12.8 Å². The minimum Gasteiger partial charge on any atom is -0.465 e. The van der Waals surface area contributed by atoms with E-state index in [1.54, 1.807) is 6.92 Å². The molecule has 1 aromatic heterocycles. The van der Waals surface area contributed by atoms with Crippen molar-refractivity contribution in [3.05, 3.63) is 51.6 Å². The third-order valence-electron chi connectivity index (χ3n) is 3.91. The predicted octanol–water partition coefficient (Wildman–Crippen LogP) is 0.755. The number of hydrogen-bond donors (Lipinski definition) is 3. The Labute approximate surface area is 141 Å². The lowest BCUT2D eigenvalue weighted by atomic mass is 9.78. The molecule has 8 nitrogen and oxygen atoms in total. The maximum atomic E-state index is 13.3. The van der Waals surface area contributed by atoms with E-state index in [1.165, 1.54) is 24.3 Å².